The molecule has 1 rings (SSSR count). The van der Waals surface area contributed by atoms with Gasteiger partial charge in [-0.1, -0.05) is 13.8 Å². The SMILES string of the molecule is CC(C)CCNC(=O)C(C)S(=O)CC1(CC(=O)O)CC1. The minimum atomic E-state index is -1.31. The number of carbonyl (C=O) groups excluding carboxylic acids is 1. The molecule has 1 aliphatic carbocycles. The lowest BCUT2D eigenvalue weighted by molar-refractivity contribution is -0.138. The van der Waals surface area contributed by atoms with Crippen LogP contribution in [0, 0.1) is 11.3 Å². The minimum absolute atomic E-state index is 0.0560. The molecule has 0 aromatic rings. The Morgan fingerprint density at radius 1 is 1.30 bits per heavy atom. The molecule has 2 atom stereocenters. The van der Waals surface area contributed by atoms with Gasteiger partial charge in [0, 0.05) is 23.1 Å². The standard InChI is InChI=1S/C14H25NO4S/c1-10(2)4-7-15-13(18)11(3)20(19)9-14(5-6-14)8-12(16)17/h10-11H,4-9H2,1-3H3,(H,15,18)(H,16,17). The molecule has 2 N–H and O–H groups in total. The summed E-state index contributed by atoms with van der Waals surface area (Å²) in [4.78, 5) is 22.6. The Bertz CT molecular complexity index is 391. The Labute approximate surface area is 123 Å². The summed E-state index contributed by atoms with van der Waals surface area (Å²) in [6.45, 7) is 6.41. The number of carboxylic acid groups (broad SMARTS) is 1. The van der Waals surface area contributed by atoms with Crippen molar-refractivity contribution in [1.82, 2.24) is 5.32 Å². The first-order valence-electron chi connectivity index (χ1n) is 7.12. The maximum atomic E-state index is 12.2. The van der Waals surface area contributed by atoms with Gasteiger partial charge < -0.3 is 10.4 Å². The van der Waals surface area contributed by atoms with E-state index in [0.29, 0.717) is 18.2 Å². The fraction of sp³-hybridized carbons (Fsp3) is 0.857. The molecular formula is C14H25NO4S. The van der Waals surface area contributed by atoms with Gasteiger partial charge in [0.2, 0.25) is 5.91 Å². The fourth-order valence-electron chi connectivity index (χ4n) is 2.04. The van der Waals surface area contributed by atoms with Crippen LogP contribution in [-0.4, -0.2) is 38.7 Å². The van der Waals surface area contributed by atoms with Crippen molar-refractivity contribution in [2.45, 2.75) is 51.7 Å². The average molecular weight is 303 g/mol. The maximum Gasteiger partial charge on any atom is 0.303 e. The predicted octanol–water partition coefficient (Wildman–Crippen LogP) is 1.54. The quantitative estimate of drug-likeness (QED) is 0.677. The van der Waals surface area contributed by atoms with Gasteiger partial charge in [0.25, 0.3) is 0 Å². The highest BCUT2D eigenvalue weighted by molar-refractivity contribution is 7.86. The van der Waals surface area contributed by atoms with E-state index >= 15 is 0 Å². The first-order chi connectivity index (χ1) is 9.26. The van der Waals surface area contributed by atoms with E-state index in [1.54, 1.807) is 6.92 Å². The van der Waals surface area contributed by atoms with E-state index in [4.69, 9.17) is 5.11 Å². The summed E-state index contributed by atoms with van der Waals surface area (Å²) in [7, 11) is -1.31. The molecule has 1 fully saturated rings. The highest BCUT2D eigenvalue weighted by Crippen LogP contribution is 2.49. The molecule has 0 aliphatic heterocycles. The zero-order valence-corrected chi connectivity index (χ0v) is 13.3. The van der Waals surface area contributed by atoms with Crippen LogP contribution in [0.1, 0.15) is 46.5 Å². The fourth-order valence-corrected chi connectivity index (χ4v) is 3.61. The van der Waals surface area contributed by atoms with Gasteiger partial charge in [-0.3, -0.25) is 13.8 Å². The van der Waals surface area contributed by atoms with Crippen LogP contribution in [0.5, 0.6) is 0 Å². The van der Waals surface area contributed by atoms with E-state index in [1.807, 2.05) is 0 Å². The maximum absolute atomic E-state index is 12.2. The van der Waals surface area contributed by atoms with Crippen molar-refractivity contribution in [3.05, 3.63) is 0 Å². The number of hydrogen-bond acceptors (Lipinski definition) is 3. The molecule has 2 unspecified atom stereocenters. The Morgan fingerprint density at radius 2 is 1.90 bits per heavy atom. The van der Waals surface area contributed by atoms with Crippen LogP contribution >= 0.6 is 0 Å². The minimum Gasteiger partial charge on any atom is -0.481 e. The predicted molar refractivity (Wildman–Crippen MR) is 78.9 cm³/mol. The first kappa shape index (κ1) is 17.1. The number of amides is 1. The summed E-state index contributed by atoms with van der Waals surface area (Å²) in [6, 6.07) is 0. The third kappa shape index (κ3) is 5.61. The largest absolute Gasteiger partial charge is 0.481 e. The molecule has 1 aliphatic rings. The third-order valence-corrected chi connectivity index (χ3v) is 5.62. The van der Waals surface area contributed by atoms with Gasteiger partial charge in [0.05, 0.1) is 6.42 Å². The van der Waals surface area contributed by atoms with Gasteiger partial charge in [-0.15, -0.1) is 0 Å². The molecule has 0 spiro atoms. The molecule has 116 valence electrons. The van der Waals surface area contributed by atoms with Gasteiger partial charge in [-0.2, -0.15) is 0 Å². The molecule has 0 aromatic heterocycles. The molecule has 6 heteroatoms. The van der Waals surface area contributed by atoms with Gasteiger partial charge in [-0.05, 0) is 37.5 Å². The smallest absolute Gasteiger partial charge is 0.303 e. The second-order valence-corrected chi connectivity index (χ2v) is 7.97. The van der Waals surface area contributed by atoms with Crippen LogP contribution in [0.25, 0.3) is 0 Å². The van der Waals surface area contributed by atoms with E-state index in [9.17, 15) is 13.8 Å². The van der Waals surface area contributed by atoms with Crippen LogP contribution in [0.2, 0.25) is 0 Å². The topological polar surface area (TPSA) is 83.5 Å². The first-order valence-corrected chi connectivity index (χ1v) is 8.51. The van der Waals surface area contributed by atoms with Crippen molar-refractivity contribution in [1.29, 1.82) is 0 Å². The van der Waals surface area contributed by atoms with Crippen molar-refractivity contribution in [3.63, 3.8) is 0 Å². The summed E-state index contributed by atoms with van der Waals surface area (Å²) < 4.78 is 12.2. The number of hydrogen-bond donors (Lipinski definition) is 2. The van der Waals surface area contributed by atoms with Gasteiger partial charge in [0.15, 0.2) is 0 Å². The number of rotatable bonds is 9. The van der Waals surface area contributed by atoms with Crippen molar-refractivity contribution in [2.24, 2.45) is 11.3 Å². The second kappa shape index (κ2) is 7.20. The highest BCUT2D eigenvalue weighted by Gasteiger charge is 2.46. The van der Waals surface area contributed by atoms with Crippen LogP contribution in [-0.2, 0) is 20.4 Å². The Hall–Kier alpha value is -0.910. The van der Waals surface area contributed by atoms with E-state index in [2.05, 4.69) is 19.2 Å². The average Bonchev–Trinajstić information content (AvgIpc) is 3.05. The second-order valence-electron chi connectivity index (χ2n) is 6.21. The van der Waals surface area contributed by atoms with Gasteiger partial charge in [0.1, 0.15) is 5.25 Å². The zero-order chi connectivity index (χ0) is 15.3. The highest BCUT2D eigenvalue weighted by atomic mass is 32.2. The molecular weight excluding hydrogens is 278 g/mol. The number of nitrogens with one attached hydrogen (secondary N) is 1. The molecule has 0 heterocycles. The summed E-state index contributed by atoms with van der Waals surface area (Å²) in [5.74, 6) is -0.219. The lowest BCUT2D eigenvalue weighted by Crippen LogP contribution is -2.38. The Balaban J connectivity index is 2.39. The summed E-state index contributed by atoms with van der Waals surface area (Å²) in [6.07, 6.45) is 2.55. The zero-order valence-electron chi connectivity index (χ0n) is 12.5. The third-order valence-electron chi connectivity index (χ3n) is 3.72. The normalized spacial score (nSPS) is 19.4. The van der Waals surface area contributed by atoms with Crippen LogP contribution in [0.15, 0.2) is 0 Å². The number of carbonyl (C=O) groups is 2. The van der Waals surface area contributed by atoms with E-state index in [0.717, 1.165) is 19.3 Å². The summed E-state index contributed by atoms with van der Waals surface area (Å²) in [5, 5.41) is 11.1. The molecule has 1 amide bonds. The summed E-state index contributed by atoms with van der Waals surface area (Å²) >= 11 is 0. The lowest BCUT2D eigenvalue weighted by atomic mass is 10.1. The van der Waals surface area contributed by atoms with Crippen LogP contribution < -0.4 is 5.32 Å². The van der Waals surface area contributed by atoms with E-state index in [1.165, 1.54) is 0 Å². The molecule has 0 saturated heterocycles. The van der Waals surface area contributed by atoms with Crippen molar-refractivity contribution in [3.8, 4) is 0 Å². The van der Waals surface area contributed by atoms with E-state index < -0.39 is 22.0 Å². The molecule has 20 heavy (non-hydrogen) atoms. The molecule has 5 nitrogen and oxygen atoms in total. The van der Waals surface area contributed by atoms with Gasteiger partial charge >= 0.3 is 5.97 Å². The van der Waals surface area contributed by atoms with Crippen LogP contribution in [0.3, 0.4) is 0 Å². The van der Waals surface area contributed by atoms with Crippen molar-refractivity contribution in [2.75, 3.05) is 12.3 Å². The molecule has 0 bridgehead atoms. The van der Waals surface area contributed by atoms with Crippen LogP contribution in [0.4, 0.5) is 0 Å². The number of aliphatic carboxylic acids is 1. The molecule has 0 radical (unpaired) electrons. The Kier molecular flexibility index (Phi) is 6.17. The van der Waals surface area contributed by atoms with Crippen molar-refractivity contribution >= 4 is 22.7 Å². The van der Waals surface area contributed by atoms with Crippen molar-refractivity contribution < 1.29 is 18.9 Å². The lowest BCUT2D eigenvalue weighted by Gasteiger charge is -2.16. The molecule has 0 aromatic carbocycles. The number of carboxylic acids is 1. The monoisotopic (exact) mass is 303 g/mol. The molecule has 1 saturated carbocycles. The van der Waals surface area contributed by atoms with E-state index in [-0.39, 0.29) is 17.7 Å². The van der Waals surface area contributed by atoms with Gasteiger partial charge in [-0.25, -0.2) is 0 Å². The Morgan fingerprint density at radius 3 is 2.35 bits per heavy atom. The summed E-state index contributed by atoms with van der Waals surface area (Å²) in [5.41, 5.74) is -0.330.